The summed E-state index contributed by atoms with van der Waals surface area (Å²) in [5.74, 6) is 0.111. The molecule has 0 aliphatic heterocycles. The third-order valence-corrected chi connectivity index (χ3v) is 3.40. The monoisotopic (exact) mass is 304 g/mol. The molecule has 1 rings (SSSR count). The van der Waals surface area contributed by atoms with Gasteiger partial charge in [0.05, 0.1) is 5.41 Å². The van der Waals surface area contributed by atoms with Crippen molar-refractivity contribution >= 4 is 29.9 Å². The number of hydrogen-bond donors (Lipinski definition) is 1. The highest BCUT2D eigenvalue weighted by Gasteiger charge is 2.31. The molecule has 0 aliphatic rings. The van der Waals surface area contributed by atoms with Crippen molar-refractivity contribution in [2.24, 2.45) is 0 Å². The normalized spacial score (nSPS) is 10.8. The Morgan fingerprint density at radius 1 is 1.32 bits per heavy atom. The second-order valence-electron chi connectivity index (χ2n) is 4.96. The number of carbonyl (C=O) groups excluding carboxylic acids is 1. The van der Waals surface area contributed by atoms with Crippen LogP contribution in [0.5, 0.6) is 0 Å². The average molecular weight is 305 g/mol. The molecule has 19 heavy (non-hydrogen) atoms. The zero-order valence-corrected chi connectivity index (χ0v) is 13.4. The Morgan fingerprint density at radius 2 is 1.84 bits per heavy atom. The number of nitrogens with one attached hydrogen (secondary N) is 1. The van der Waals surface area contributed by atoms with E-state index in [1.807, 2.05) is 52.2 Å². The van der Waals surface area contributed by atoms with Crippen LogP contribution in [0.2, 0.25) is 5.02 Å². The van der Waals surface area contributed by atoms with Crippen LogP contribution in [0.15, 0.2) is 24.3 Å². The number of likely N-dealkylation sites (N-methyl/N-ethyl adjacent to an activating group) is 2. The van der Waals surface area contributed by atoms with Crippen LogP contribution in [0.4, 0.5) is 0 Å². The van der Waals surface area contributed by atoms with Gasteiger partial charge in [0.25, 0.3) is 0 Å². The molecule has 5 heteroatoms. The summed E-state index contributed by atoms with van der Waals surface area (Å²) < 4.78 is 0. The molecule has 1 amide bonds. The summed E-state index contributed by atoms with van der Waals surface area (Å²) in [6.07, 6.45) is 0. The number of halogens is 2. The van der Waals surface area contributed by atoms with E-state index in [-0.39, 0.29) is 18.3 Å². The predicted octanol–water partition coefficient (Wildman–Crippen LogP) is 2.72. The smallest absolute Gasteiger partial charge is 0.232 e. The lowest BCUT2D eigenvalue weighted by molar-refractivity contribution is -0.134. The molecule has 0 aliphatic carbocycles. The molecule has 1 aromatic carbocycles. The minimum absolute atomic E-state index is 0. The Kier molecular flexibility index (Phi) is 7.42. The van der Waals surface area contributed by atoms with Crippen LogP contribution in [-0.2, 0) is 10.2 Å². The Balaban J connectivity index is 0.00000324. The average Bonchev–Trinajstić information content (AvgIpc) is 2.35. The molecule has 0 saturated carbocycles. The molecule has 0 bridgehead atoms. The number of carbonyl (C=O) groups is 1. The lowest BCUT2D eigenvalue weighted by Gasteiger charge is -2.30. The molecule has 0 aromatic heterocycles. The van der Waals surface area contributed by atoms with Crippen LogP contribution < -0.4 is 5.32 Å². The van der Waals surface area contributed by atoms with Crippen molar-refractivity contribution in [1.82, 2.24) is 10.2 Å². The quantitative estimate of drug-likeness (QED) is 0.907. The first-order valence-corrected chi connectivity index (χ1v) is 6.43. The number of amides is 1. The van der Waals surface area contributed by atoms with Gasteiger partial charge in [0.15, 0.2) is 0 Å². The Morgan fingerprint density at radius 3 is 2.32 bits per heavy atom. The lowest BCUT2D eigenvalue weighted by Crippen LogP contribution is -2.43. The zero-order chi connectivity index (χ0) is 13.8. The van der Waals surface area contributed by atoms with Crippen LogP contribution in [0.25, 0.3) is 0 Å². The van der Waals surface area contributed by atoms with E-state index in [2.05, 4.69) is 5.32 Å². The molecule has 0 heterocycles. The molecule has 0 fully saturated rings. The first kappa shape index (κ1) is 18.2. The number of rotatable bonds is 5. The highest BCUT2D eigenvalue weighted by atomic mass is 35.5. The van der Waals surface area contributed by atoms with Crippen molar-refractivity contribution in [1.29, 1.82) is 0 Å². The molecular weight excluding hydrogens is 283 g/mol. The van der Waals surface area contributed by atoms with E-state index in [4.69, 9.17) is 11.6 Å². The lowest BCUT2D eigenvalue weighted by atomic mass is 9.83. The summed E-state index contributed by atoms with van der Waals surface area (Å²) in [7, 11) is 3.71. The standard InChI is InChI=1S/C14H21ClN2O.ClH/c1-14(2,11-5-7-12(15)8-6-11)13(18)17(4)10-9-16-3;/h5-8,16H,9-10H2,1-4H3;1H. The fourth-order valence-corrected chi connectivity index (χ4v) is 1.97. The van der Waals surface area contributed by atoms with Crippen molar-refractivity contribution < 1.29 is 4.79 Å². The van der Waals surface area contributed by atoms with Crippen LogP contribution in [0.1, 0.15) is 19.4 Å². The minimum atomic E-state index is -0.535. The van der Waals surface area contributed by atoms with E-state index in [0.717, 1.165) is 12.1 Å². The summed E-state index contributed by atoms with van der Waals surface area (Å²) >= 11 is 5.87. The predicted molar refractivity (Wildman–Crippen MR) is 83.3 cm³/mol. The zero-order valence-electron chi connectivity index (χ0n) is 11.9. The third-order valence-electron chi connectivity index (χ3n) is 3.14. The van der Waals surface area contributed by atoms with Gasteiger partial charge in [0.2, 0.25) is 5.91 Å². The molecule has 3 nitrogen and oxygen atoms in total. The third kappa shape index (κ3) is 4.68. The van der Waals surface area contributed by atoms with Gasteiger partial charge in [-0.3, -0.25) is 4.79 Å². The summed E-state index contributed by atoms with van der Waals surface area (Å²) in [5, 5.41) is 3.73. The van der Waals surface area contributed by atoms with Gasteiger partial charge in [-0.2, -0.15) is 0 Å². The van der Waals surface area contributed by atoms with Crippen molar-refractivity contribution in [3.05, 3.63) is 34.9 Å². The number of nitrogens with zero attached hydrogens (tertiary/aromatic N) is 1. The van der Waals surface area contributed by atoms with Crippen molar-refractivity contribution in [2.75, 3.05) is 27.2 Å². The molecular formula is C14H22Cl2N2O. The van der Waals surface area contributed by atoms with Crippen molar-refractivity contribution in [3.63, 3.8) is 0 Å². The molecule has 0 atom stereocenters. The van der Waals surface area contributed by atoms with Gasteiger partial charge < -0.3 is 10.2 Å². The summed E-state index contributed by atoms with van der Waals surface area (Å²) in [6.45, 7) is 5.37. The van der Waals surface area contributed by atoms with Gasteiger partial charge >= 0.3 is 0 Å². The summed E-state index contributed by atoms with van der Waals surface area (Å²) in [4.78, 5) is 14.2. The van der Waals surface area contributed by atoms with Gasteiger partial charge in [0, 0.05) is 25.2 Å². The second kappa shape index (κ2) is 7.73. The number of hydrogen-bond acceptors (Lipinski definition) is 2. The van der Waals surface area contributed by atoms with Crippen LogP contribution in [0, 0.1) is 0 Å². The maximum atomic E-state index is 12.4. The Bertz CT molecular complexity index is 404. The van der Waals surface area contributed by atoms with Gasteiger partial charge in [-0.15, -0.1) is 12.4 Å². The molecule has 0 saturated heterocycles. The second-order valence-corrected chi connectivity index (χ2v) is 5.40. The SMILES string of the molecule is CNCCN(C)C(=O)C(C)(C)c1ccc(Cl)cc1.Cl. The maximum absolute atomic E-state index is 12.4. The molecule has 0 unspecified atom stereocenters. The van der Waals surface area contributed by atoms with Crippen LogP contribution in [0.3, 0.4) is 0 Å². The van der Waals surface area contributed by atoms with Gasteiger partial charge in [-0.25, -0.2) is 0 Å². The Hall–Kier alpha value is -0.770. The maximum Gasteiger partial charge on any atom is 0.232 e. The van der Waals surface area contributed by atoms with Crippen molar-refractivity contribution in [2.45, 2.75) is 19.3 Å². The van der Waals surface area contributed by atoms with E-state index < -0.39 is 5.41 Å². The largest absolute Gasteiger partial charge is 0.344 e. The van der Waals surface area contributed by atoms with E-state index in [1.165, 1.54) is 0 Å². The molecule has 108 valence electrons. The topological polar surface area (TPSA) is 32.3 Å². The first-order chi connectivity index (χ1) is 8.39. The first-order valence-electron chi connectivity index (χ1n) is 6.06. The summed E-state index contributed by atoms with van der Waals surface area (Å²) in [5.41, 5.74) is 0.445. The van der Waals surface area contributed by atoms with E-state index in [1.54, 1.807) is 4.90 Å². The van der Waals surface area contributed by atoms with Gasteiger partial charge in [-0.1, -0.05) is 23.7 Å². The fraction of sp³-hybridized carbons (Fsp3) is 0.500. The molecule has 0 spiro atoms. The number of benzene rings is 1. The van der Waals surface area contributed by atoms with E-state index >= 15 is 0 Å². The van der Waals surface area contributed by atoms with Crippen molar-refractivity contribution in [3.8, 4) is 0 Å². The van der Waals surface area contributed by atoms with Gasteiger partial charge in [-0.05, 0) is 38.6 Å². The van der Waals surface area contributed by atoms with E-state index in [9.17, 15) is 4.79 Å². The Labute approximate surface area is 126 Å². The highest BCUT2D eigenvalue weighted by molar-refractivity contribution is 6.30. The fourth-order valence-electron chi connectivity index (χ4n) is 1.85. The summed E-state index contributed by atoms with van der Waals surface area (Å²) in [6, 6.07) is 7.46. The highest BCUT2D eigenvalue weighted by Crippen LogP contribution is 2.26. The molecule has 0 radical (unpaired) electrons. The molecule has 1 N–H and O–H groups in total. The van der Waals surface area contributed by atoms with Crippen LogP contribution in [-0.4, -0.2) is 38.0 Å². The molecule has 1 aromatic rings. The van der Waals surface area contributed by atoms with E-state index in [0.29, 0.717) is 11.6 Å². The minimum Gasteiger partial charge on any atom is -0.344 e. The van der Waals surface area contributed by atoms with Crippen LogP contribution >= 0.6 is 24.0 Å². The van der Waals surface area contributed by atoms with Gasteiger partial charge in [0.1, 0.15) is 0 Å².